The topological polar surface area (TPSA) is 93.1 Å². The average Bonchev–Trinajstić information content (AvgIpc) is 3.11. The molecule has 35 heavy (non-hydrogen) atoms. The van der Waals surface area contributed by atoms with Crippen LogP contribution in [-0.2, 0) is 19.1 Å². The summed E-state index contributed by atoms with van der Waals surface area (Å²) < 4.78 is 12.2. The molecule has 0 aromatic heterocycles. The molecule has 4 fully saturated rings. The number of carbonyl (C=O) groups excluding carboxylic acids is 2. The number of rotatable bonds is 4. The number of aliphatic hydroxyl groups excluding tert-OH is 1. The average molecular weight is 489 g/mol. The van der Waals surface area contributed by atoms with E-state index in [2.05, 4.69) is 20.8 Å². The van der Waals surface area contributed by atoms with Crippen molar-refractivity contribution in [1.82, 2.24) is 0 Å². The second-order valence-electron chi connectivity index (χ2n) is 13.2. The quantitative estimate of drug-likeness (QED) is 0.564. The molecule has 10 unspecified atom stereocenters. The lowest BCUT2D eigenvalue weighted by Crippen LogP contribution is -2.68. The largest absolute Gasteiger partial charge is 0.462 e. The summed E-state index contributed by atoms with van der Waals surface area (Å²) in [6, 6.07) is 0. The Kier molecular flexibility index (Phi) is 6.29. The first-order valence-electron chi connectivity index (χ1n) is 13.9. The van der Waals surface area contributed by atoms with Gasteiger partial charge in [0.15, 0.2) is 12.1 Å². The number of ether oxygens (including phenoxy) is 2. The predicted molar refractivity (Wildman–Crippen MR) is 131 cm³/mol. The Morgan fingerprint density at radius 1 is 1.20 bits per heavy atom. The van der Waals surface area contributed by atoms with Crippen molar-refractivity contribution in [2.75, 3.05) is 0 Å². The van der Waals surface area contributed by atoms with Gasteiger partial charge >= 0.3 is 5.97 Å². The van der Waals surface area contributed by atoms with Crippen LogP contribution in [0.15, 0.2) is 11.6 Å². The number of hydrogen-bond donors (Lipinski definition) is 2. The lowest BCUT2D eigenvalue weighted by atomic mass is 9.45. The summed E-state index contributed by atoms with van der Waals surface area (Å²) in [5.74, 6) is 0.914. The fraction of sp³-hybridized carbons (Fsp3) is 0.862. The van der Waals surface area contributed by atoms with E-state index in [1.54, 1.807) is 0 Å². The van der Waals surface area contributed by atoms with Gasteiger partial charge in [0, 0.05) is 24.7 Å². The molecule has 5 rings (SSSR count). The summed E-state index contributed by atoms with van der Waals surface area (Å²) in [5.41, 5.74) is -0.507. The maximum atomic E-state index is 12.2. The molecule has 196 valence electrons. The Labute approximate surface area is 209 Å². The first-order chi connectivity index (χ1) is 16.4. The van der Waals surface area contributed by atoms with E-state index in [1.807, 2.05) is 13.0 Å². The molecule has 6 heteroatoms. The van der Waals surface area contributed by atoms with Crippen molar-refractivity contribution < 1.29 is 29.3 Å². The van der Waals surface area contributed by atoms with Gasteiger partial charge in [-0.25, -0.2) is 0 Å². The first kappa shape index (κ1) is 25.4. The second-order valence-corrected chi connectivity index (χ2v) is 13.2. The minimum atomic E-state index is -1.20. The number of allylic oxidation sites excluding steroid dienone is 1. The maximum absolute atomic E-state index is 12.2. The van der Waals surface area contributed by atoms with Crippen molar-refractivity contribution in [2.45, 2.75) is 117 Å². The summed E-state index contributed by atoms with van der Waals surface area (Å²) >= 11 is 0. The van der Waals surface area contributed by atoms with E-state index in [9.17, 15) is 19.8 Å². The number of esters is 1. The van der Waals surface area contributed by atoms with E-state index in [-0.39, 0.29) is 29.0 Å². The third kappa shape index (κ3) is 3.76. The number of ketones is 1. The predicted octanol–water partition coefficient (Wildman–Crippen LogP) is 4.56. The van der Waals surface area contributed by atoms with Gasteiger partial charge in [0.1, 0.15) is 6.10 Å². The first-order valence-corrected chi connectivity index (χ1v) is 13.9. The van der Waals surface area contributed by atoms with Crippen LogP contribution >= 0.6 is 0 Å². The van der Waals surface area contributed by atoms with Crippen LogP contribution in [0.2, 0.25) is 0 Å². The molecule has 1 heterocycles. The van der Waals surface area contributed by atoms with Crippen LogP contribution < -0.4 is 0 Å². The fourth-order valence-corrected chi connectivity index (χ4v) is 9.44. The summed E-state index contributed by atoms with van der Waals surface area (Å²) in [4.78, 5) is 24.4. The van der Waals surface area contributed by atoms with Gasteiger partial charge in [-0.1, -0.05) is 26.3 Å². The number of carbonyl (C=O) groups is 2. The van der Waals surface area contributed by atoms with Gasteiger partial charge in [0.25, 0.3) is 0 Å². The molecule has 0 bridgehead atoms. The Morgan fingerprint density at radius 3 is 2.63 bits per heavy atom. The minimum Gasteiger partial charge on any atom is -0.462 e. The van der Waals surface area contributed by atoms with Gasteiger partial charge in [-0.3, -0.25) is 9.59 Å². The van der Waals surface area contributed by atoms with Gasteiger partial charge < -0.3 is 19.7 Å². The Morgan fingerprint density at radius 2 is 1.94 bits per heavy atom. The number of aliphatic hydroxyl groups is 2. The molecular weight excluding hydrogens is 444 g/mol. The lowest BCUT2D eigenvalue weighted by Gasteiger charge is -2.63. The smallest absolute Gasteiger partial charge is 0.302 e. The van der Waals surface area contributed by atoms with Crippen molar-refractivity contribution in [3.63, 3.8) is 0 Å². The molecule has 0 aromatic rings. The zero-order chi connectivity index (χ0) is 25.3. The summed E-state index contributed by atoms with van der Waals surface area (Å²) in [7, 11) is 0. The van der Waals surface area contributed by atoms with E-state index in [4.69, 9.17) is 9.47 Å². The highest BCUT2D eigenvalue weighted by Crippen LogP contribution is 2.71. The fourth-order valence-electron chi connectivity index (χ4n) is 9.44. The molecule has 5 aliphatic rings. The van der Waals surface area contributed by atoms with Crippen LogP contribution in [0.1, 0.15) is 92.4 Å². The molecule has 4 aliphatic carbocycles. The number of hydrogen-bond acceptors (Lipinski definition) is 6. The third-order valence-corrected chi connectivity index (χ3v) is 10.9. The van der Waals surface area contributed by atoms with E-state index in [0.717, 1.165) is 38.5 Å². The van der Waals surface area contributed by atoms with Crippen LogP contribution in [0.5, 0.6) is 0 Å². The molecule has 0 amide bonds. The third-order valence-electron chi connectivity index (χ3n) is 10.9. The van der Waals surface area contributed by atoms with Gasteiger partial charge in [-0.05, 0) is 93.5 Å². The summed E-state index contributed by atoms with van der Waals surface area (Å²) in [5, 5.41) is 23.7. The van der Waals surface area contributed by atoms with Gasteiger partial charge in [-0.2, -0.15) is 0 Å². The minimum absolute atomic E-state index is 0.0102. The van der Waals surface area contributed by atoms with E-state index in [0.29, 0.717) is 37.0 Å². The van der Waals surface area contributed by atoms with Gasteiger partial charge in [0.05, 0.1) is 11.7 Å². The molecule has 2 N–H and O–H groups in total. The zero-order valence-corrected chi connectivity index (χ0v) is 22.1. The highest BCUT2D eigenvalue weighted by atomic mass is 16.6. The van der Waals surface area contributed by atoms with Crippen LogP contribution in [0.4, 0.5) is 0 Å². The molecule has 3 saturated carbocycles. The molecule has 1 spiro atoms. The van der Waals surface area contributed by atoms with E-state index < -0.39 is 29.5 Å². The molecule has 0 radical (unpaired) electrons. The van der Waals surface area contributed by atoms with Crippen molar-refractivity contribution in [2.24, 2.45) is 40.4 Å². The maximum Gasteiger partial charge on any atom is 0.302 e. The standard InChI is InChI=1S/C29H44O6/c1-16(2)6-9-24-28(5,33)25-23(34-17(3)30)15-22-20-8-7-18-14-19(31)10-12-27(18,4)21(20)11-13-29(22,25)26(32)35-24/h14,16,20-26,32-33H,6-13,15H2,1-5H3. The Bertz CT molecular complexity index is 907. The summed E-state index contributed by atoms with van der Waals surface area (Å²) in [6.07, 6.45) is 7.28. The van der Waals surface area contributed by atoms with E-state index >= 15 is 0 Å². The van der Waals surface area contributed by atoms with Crippen molar-refractivity contribution in [1.29, 1.82) is 0 Å². The van der Waals surface area contributed by atoms with Crippen molar-refractivity contribution in [3.05, 3.63) is 11.6 Å². The van der Waals surface area contributed by atoms with Crippen LogP contribution in [0.25, 0.3) is 0 Å². The normalized spacial score (nSPS) is 49.0. The van der Waals surface area contributed by atoms with Crippen LogP contribution in [-0.4, -0.2) is 46.1 Å². The van der Waals surface area contributed by atoms with Crippen LogP contribution in [0.3, 0.4) is 0 Å². The highest BCUT2D eigenvalue weighted by molar-refractivity contribution is 5.91. The molecular formula is C29H44O6. The summed E-state index contributed by atoms with van der Waals surface area (Å²) in [6.45, 7) is 9.92. The van der Waals surface area contributed by atoms with Crippen LogP contribution in [0, 0.1) is 40.4 Å². The monoisotopic (exact) mass is 488 g/mol. The highest BCUT2D eigenvalue weighted by Gasteiger charge is 2.73. The molecule has 0 aromatic carbocycles. The van der Waals surface area contributed by atoms with E-state index in [1.165, 1.54) is 12.5 Å². The number of fused-ring (bicyclic) bond motifs is 4. The second kappa shape index (κ2) is 8.66. The Hall–Kier alpha value is -1.24. The molecule has 6 nitrogen and oxygen atoms in total. The molecule has 1 aliphatic heterocycles. The van der Waals surface area contributed by atoms with Gasteiger partial charge in [0.2, 0.25) is 0 Å². The van der Waals surface area contributed by atoms with Crippen molar-refractivity contribution >= 4 is 11.8 Å². The zero-order valence-electron chi connectivity index (χ0n) is 22.1. The molecule has 10 atom stereocenters. The lowest BCUT2D eigenvalue weighted by molar-refractivity contribution is -0.339. The molecule has 1 saturated heterocycles. The SMILES string of the molecule is CC(=O)OC1CC2C3CCC4=CC(=O)CCC4(C)C3CCC23C(O)OC(CCC(C)C)C(C)(O)C13. The Balaban J connectivity index is 1.52. The van der Waals surface area contributed by atoms with Gasteiger partial charge in [-0.15, -0.1) is 0 Å². The van der Waals surface area contributed by atoms with Crippen molar-refractivity contribution in [3.8, 4) is 0 Å².